The van der Waals surface area contributed by atoms with Crippen LogP contribution in [0.25, 0.3) is 0 Å². The summed E-state index contributed by atoms with van der Waals surface area (Å²) >= 11 is 0. The average molecular weight is 889 g/mol. The molecule has 4 N–H and O–H groups in total. The minimum Gasteiger partial charge on any atom is -0.394 e. The maximum absolute atomic E-state index is 12.5. The average Bonchev–Trinajstić information content (AvgIpc) is 3.28. The molecule has 0 heterocycles. The van der Waals surface area contributed by atoms with Crippen LogP contribution in [0.1, 0.15) is 316 Å². The number of rotatable bonds is 53. The maximum atomic E-state index is 12.5. The van der Waals surface area contributed by atoms with E-state index in [9.17, 15) is 20.1 Å². The highest BCUT2D eigenvalue weighted by molar-refractivity contribution is 5.76. The molecule has 0 fully saturated rings. The van der Waals surface area contributed by atoms with Crippen molar-refractivity contribution in [2.45, 2.75) is 334 Å². The van der Waals surface area contributed by atoms with Crippen LogP contribution in [-0.2, 0) is 4.79 Å². The van der Waals surface area contributed by atoms with E-state index in [1.165, 1.54) is 257 Å². The minimum atomic E-state index is -0.950. The SMILES string of the molecule is CCCCCCCCCCCCCCCCC/C=C/CC/C=C/C(O)C(CO)NC(=O)CC(O)CCCCCCCCCCCCCCCCCCCCCCCCCCCCC. The second-order valence-corrected chi connectivity index (χ2v) is 19.9. The summed E-state index contributed by atoms with van der Waals surface area (Å²) in [7, 11) is 0. The van der Waals surface area contributed by atoms with E-state index in [0.29, 0.717) is 6.42 Å². The summed E-state index contributed by atoms with van der Waals surface area (Å²) in [5.41, 5.74) is 0. The number of carbonyl (C=O) groups is 1. The third-order valence-electron chi connectivity index (χ3n) is 13.5. The number of allylic oxidation sites excluding steroid dienone is 3. The van der Waals surface area contributed by atoms with Gasteiger partial charge in [0.2, 0.25) is 5.91 Å². The van der Waals surface area contributed by atoms with Gasteiger partial charge in [0, 0.05) is 0 Å². The van der Waals surface area contributed by atoms with Crippen molar-refractivity contribution in [3.05, 3.63) is 24.3 Å². The van der Waals surface area contributed by atoms with Crippen LogP contribution in [0.5, 0.6) is 0 Å². The molecule has 0 aromatic heterocycles. The molecule has 5 heteroatoms. The van der Waals surface area contributed by atoms with E-state index in [4.69, 9.17) is 0 Å². The lowest BCUT2D eigenvalue weighted by atomic mass is 10.0. The Morgan fingerprint density at radius 3 is 1.02 bits per heavy atom. The van der Waals surface area contributed by atoms with E-state index >= 15 is 0 Å². The van der Waals surface area contributed by atoms with E-state index in [1.54, 1.807) is 6.08 Å². The fraction of sp³-hybridized carbons (Fsp3) is 0.914. The Hall–Kier alpha value is -1.17. The fourth-order valence-electron chi connectivity index (χ4n) is 9.12. The standard InChI is InChI=1S/C58H113NO4/c1-3-5-7-9-11-13-15-17-19-21-23-25-26-27-28-29-30-32-33-35-37-39-41-43-45-47-49-51-55(61)53-58(63)59-56(54-60)57(62)52-50-48-46-44-42-40-38-36-34-31-24-22-20-18-16-14-12-10-8-6-4-2/h42,44,50,52,55-57,60-62H,3-41,43,45-49,51,53-54H2,1-2H3,(H,59,63)/b44-42+,52-50+. The van der Waals surface area contributed by atoms with Gasteiger partial charge in [-0.1, -0.05) is 301 Å². The summed E-state index contributed by atoms with van der Waals surface area (Å²) in [6.07, 6.45) is 68.0. The maximum Gasteiger partial charge on any atom is 0.222 e. The van der Waals surface area contributed by atoms with Crippen molar-refractivity contribution in [3.8, 4) is 0 Å². The number of aliphatic hydroxyl groups excluding tert-OH is 3. The quantitative estimate of drug-likeness (QED) is 0.0362. The van der Waals surface area contributed by atoms with Crippen molar-refractivity contribution in [1.29, 1.82) is 0 Å². The number of hydrogen-bond acceptors (Lipinski definition) is 4. The normalized spacial score (nSPS) is 13.4. The first-order chi connectivity index (χ1) is 31.0. The molecule has 3 unspecified atom stereocenters. The molecule has 0 aliphatic carbocycles. The first kappa shape index (κ1) is 61.8. The van der Waals surface area contributed by atoms with Gasteiger partial charge in [-0.2, -0.15) is 0 Å². The lowest BCUT2D eigenvalue weighted by Gasteiger charge is -2.21. The third kappa shape index (κ3) is 50.1. The summed E-state index contributed by atoms with van der Waals surface area (Å²) < 4.78 is 0. The van der Waals surface area contributed by atoms with Crippen molar-refractivity contribution >= 4 is 5.91 Å². The number of aliphatic hydroxyl groups is 3. The molecule has 0 aromatic carbocycles. The van der Waals surface area contributed by atoms with Crippen molar-refractivity contribution in [2.75, 3.05) is 6.61 Å². The summed E-state index contributed by atoms with van der Waals surface area (Å²) in [5.74, 6) is -0.319. The molecular weight excluding hydrogens is 775 g/mol. The van der Waals surface area contributed by atoms with Gasteiger partial charge in [0.05, 0.1) is 31.3 Å². The Morgan fingerprint density at radius 2 is 0.683 bits per heavy atom. The zero-order valence-corrected chi connectivity index (χ0v) is 42.7. The zero-order chi connectivity index (χ0) is 45.8. The minimum absolute atomic E-state index is 0.0105. The van der Waals surface area contributed by atoms with Crippen LogP contribution in [0.2, 0.25) is 0 Å². The van der Waals surface area contributed by atoms with E-state index < -0.39 is 18.2 Å². The summed E-state index contributed by atoms with van der Waals surface area (Å²) in [6, 6.07) is -0.759. The molecule has 5 nitrogen and oxygen atoms in total. The van der Waals surface area contributed by atoms with Crippen LogP contribution in [0.3, 0.4) is 0 Å². The predicted molar refractivity (Wildman–Crippen MR) is 278 cm³/mol. The Morgan fingerprint density at radius 1 is 0.397 bits per heavy atom. The number of amides is 1. The Labute approximate surface area is 394 Å². The zero-order valence-electron chi connectivity index (χ0n) is 42.7. The second-order valence-electron chi connectivity index (χ2n) is 19.9. The van der Waals surface area contributed by atoms with Gasteiger partial charge in [-0.05, 0) is 32.1 Å². The van der Waals surface area contributed by atoms with E-state index in [2.05, 4.69) is 31.3 Å². The van der Waals surface area contributed by atoms with Gasteiger partial charge >= 0.3 is 0 Å². The van der Waals surface area contributed by atoms with Gasteiger partial charge in [-0.25, -0.2) is 0 Å². The number of carbonyl (C=O) groups excluding carboxylic acids is 1. The molecule has 1 amide bonds. The number of nitrogens with one attached hydrogen (secondary N) is 1. The molecule has 0 aliphatic rings. The molecule has 0 aliphatic heterocycles. The Kier molecular flexibility index (Phi) is 52.5. The van der Waals surface area contributed by atoms with Gasteiger partial charge in [0.15, 0.2) is 0 Å². The lowest BCUT2D eigenvalue weighted by molar-refractivity contribution is -0.124. The molecule has 3 atom stereocenters. The molecule has 0 rings (SSSR count). The van der Waals surface area contributed by atoms with Gasteiger partial charge in [-0.15, -0.1) is 0 Å². The van der Waals surface area contributed by atoms with Crippen LogP contribution in [0.15, 0.2) is 24.3 Å². The monoisotopic (exact) mass is 888 g/mol. The molecule has 374 valence electrons. The van der Waals surface area contributed by atoms with Crippen molar-refractivity contribution in [2.24, 2.45) is 0 Å². The van der Waals surface area contributed by atoms with Crippen LogP contribution in [0.4, 0.5) is 0 Å². The van der Waals surface area contributed by atoms with Crippen LogP contribution in [-0.4, -0.2) is 46.1 Å². The highest BCUT2D eigenvalue weighted by Gasteiger charge is 2.20. The number of unbranched alkanes of at least 4 members (excludes halogenated alkanes) is 42. The molecule has 0 aromatic rings. The molecule has 0 saturated carbocycles. The highest BCUT2D eigenvalue weighted by atomic mass is 16.3. The second kappa shape index (κ2) is 53.4. The van der Waals surface area contributed by atoms with Gasteiger partial charge < -0.3 is 20.6 Å². The molecule has 0 radical (unpaired) electrons. The molecule has 0 spiro atoms. The van der Waals surface area contributed by atoms with Crippen molar-refractivity contribution in [1.82, 2.24) is 5.32 Å². The molecule has 63 heavy (non-hydrogen) atoms. The van der Waals surface area contributed by atoms with Crippen molar-refractivity contribution in [3.63, 3.8) is 0 Å². The predicted octanol–water partition coefficient (Wildman–Crippen LogP) is 17.7. The van der Waals surface area contributed by atoms with Crippen LogP contribution >= 0.6 is 0 Å². The van der Waals surface area contributed by atoms with Gasteiger partial charge in [-0.3, -0.25) is 4.79 Å². The fourth-order valence-corrected chi connectivity index (χ4v) is 9.12. The van der Waals surface area contributed by atoms with Gasteiger partial charge in [0.25, 0.3) is 0 Å². The Balaban J connectivity index is 3.56. The first-order valence-electron chi connectivity index (χ1n) is 28.6. The van der Waals surface area contributed by atoms with E-state index in [-0.39, 0.29) is 18.9 Å². The Bertz CT molecular complexity index is 936. The summed E-state index contributed by atoms with van der Waals surface area (Å²) in [6.45, 7) is 4.24. The van der Waals surface area contributed by atoms with Crippen LogP contribution < -0.4 is 5.32 Å². The van der Waals surface area contributed by atoms with Crippen molar-refractivity contribution < 1.29 is 20.1 Å². The van der Waals surface area contributed by atoms with Gasteiger partial charge in [0.1, 0.15) is 0 Å². The third-order valence-corrected chi connectivity index (χ3v) is 13.5. The topological polar surface area (TPSA) is 89.8 Å². The number of hydrogen-bond donors (Lipinski definition) is 4. The first-order valence-corrected chi connectivity index (χ1v) is 28.6. The van der Waals surface area contributed by atoms with Crippen LogP contribution in [0, 0.1) is 0 Å². The lowest BCUT2D eigenvalue weighted by Crippen LogP contribution is -2.45. The summed E-state index contributed by atoms with van der Waals surface area (Å²) in [5, 5.41) is 33.4. The molecule has 0 saturated heterocycles. The van der Waals surface area contributed by atoms with E-state index in [1.807, 2.05) is 6.08 Å². The van der Waals surface area contributed by atoms with E-state index in [0.717, 1.165) is 32.1 Å². The largest absolute Gasteiger partial charge is 0.394 e. The molecule has 0 bridgehead atoms. The summed E-state index contributed by atoms with van der Waals surface area (Å²) in [4.78, 5) is 12.5. The smallest absolute Gasteiger partial charge is 0.222 e. The molecular formula is C58H113NO4. The highest BCUT2D eigenvalue weighted by Crippen LogP contribution is 2.18.